The second-order valence-electron chi connectivity index (χ2n) is 9.62. The summed E-state index contributed by atoms with van der Waals surface area (Å²) >= 11 is 0. The van der Waals surface area contributed by atoms with Gasteiger partial charge in [-0.2, -0.15) is 4.39 Å². The number of halogens is 1. The van der Waals surface area contributed by atoms with Crippen LogP contribution < -0.4 is 10.6 Å². The van der Waals surface area contributed by atoms with Crippen molar-refractivity contribution in [3.05, 3.63) is 77.0 Å². The van der Waals surface area contributed by atoms with Gasteiger partial charge in [-0.05, 0) is 62.0 Å². The van der Waals surface area contributed by atoms with Gasteiger partial charge in [0.05, 0.1) is 12.6 Å². The molecule has 4 rings (SSSR count). The van der Waals surface area contributed by atoms with E-state index in [4.69, 9.17) is 5.11 Å². The van der Waals surface area contributed by atoms with Crippen molar-refractivity contribution in [1.82, 2.24) is 25.0 Å². The summed E-state index contributed by atoms with van der Waals surface area (Å²) in [4.78, 5) is 36.7. The third-order valence-electron chi connectivity index (χ3n) is 6.91. The van der Waals surface area contributed by atoms with Crippen LogP contribution in [0.2, 0.25) is 0 Å². The summed E-state index contributed by atoms with van der Waals surface area (Å²) in [7, 11) is 1.57. The Morgan fingerprint density at radius 3 is 2.71 bits per heavy atom. The van der Waals surface area contributed by atoms with E-state index in [1.807, 2.05) is 35.9 Å². The number of hydrogen-bond acceptors (Lipinski definition) is 4. The quantitative estimate of drug-likeness (QED) is 0.374. The lowest BCUT2D eigenvalue weighted by Crippen LogP contribution is -2.41. The maximum Gasteiger partial charge on any atom is 0.303 e. The Bertz CT molecular complexity index is 1430. The fourth-order valence-electron chi connectivity index (χ4n) is 4.85. The van der Waals surface area contributed by atoms with Crippen LogP contribution in [0.25, 0.3) is 10.9 Å². The Labute approximate surface area is 220 Å². The SMILES string of the molecule is CNC(=O)c1ccc2c(C)cn(C(C)C(=O)NC3CC(Cn4ccc(F)n4)=CC=C3CCCC(=O)O)c2c1. The van der Waals surface area contributed by atoms with Gasteiger partial charge in [-0.15, -0.1) is 5.10 Å². The second kappa shape index (κ2) is 11.5. The van der Waals surface area contributed by atoms with E-state index < -0.39 is 18.0 Å². The second-order valence-corrected chi connectivity index (χ2v) is 9.62. The van der Waals surface area contributed by atoms with Crippen molar-refractivity contribution >= 4 is 28.7 Å². The zero-order valence-electron chi connectivity index (χ0n) is 21.7. The van der Waals surface area contributed by atoms with Crippen molar-refractivity contribution in [2.75, 3.05) is 7.05 Å². The molecule has 1 aliphatic rings. The lowest BCUT2D eigenvalue weighted by Gasteiger charge is -2.28. The van der Waals surface area contributed by atoms with Crippen LogP contribution in [0.5, 0.6) is 0 Å². The lowest BCUT2D eigenvalue weighted by atomic mass is 9.89. The highest BCUT2D eigenvalue weighted by Crippen LogP contribution is 2.28. The molecule has 2 atom stereocenters. The fraction of sp³-hybridized carbons (Fsp3) is 0.357. The zero-order valence-corrected chi connectivity index (χ0v) is 21.7. The average molecular weight is 522 g/mol. The van der Waals surface area contributed by atoms with E-state index in [-0.39, 0.29) is 24.3 Å². The summed E-state index contributed by atoms with van der Waals surface area (Å²) in [5.41, 5.74) is 4.19. The molecule has 200 valence electrons. The number of benzene rings is 1. The van der Waals surface area contributed by atoms with Crippen LogP contribution in [0.15, 0.2) is 60.0 Å². The predicted octanol–water partition coefficient (Wildman–Crippen LogP) is 3.90. The van der Waals surface area contributed by atoms with Gasteiger partial charge in [0.15, 0.2) is 0 Å². The summed E-state index contributed by atoms with van der Waals surface area (Å²) in [6.45, 7) is 4.15. The standard InChI is InChI=1S/C28H32FN5O4/c1-17-15-34(24-14-21(28(38)30-3)9-10-22(17)24)18(2)27(37)31-23-13-19(16-33-12-11-25(29)32-33)7-8-20(23)5-4-6-26(35)36/h7-12,14-15,18,23H,4-6,13,16H2,1-3H3,(H,30,38)(H,31,37)(H,35,36). The van der Waals surface area contributed by atoms with E-state index in [1.165, 1.54) is 10.7 Å². The Hall–Kier alpha value is -4.21. The zero-order chi connectivity index (χ0) is 27.4. The molecule has 2 unspecified atom stereocenters. The highest BCUT2D eigenvalue weighted by molar-refractivity contribution is 5.99. The molecule has 0 bridgehead atoms. The van der Waals surface area contributed by atoms with Gasteiger partial charge in [0, 0.05) is 48.4 Å². The summed E-state index contributed by atoms with van der Waals surface area (Å²) in [5.74, 6) is -1.82. The van der Waals surface area contributed by atoms with Gasteiger partial charge in [-0.1, -0.05) is 18.2 Å². The molecule has 0 spiro atoms. The molecule has 0 aliphatic heterocycles. The van der Waals surface area contributed by atoms with E-state index in [2.05, 4.69) is 15.7 Å². The van der Waals surface area contributed by atoms with Crippen molar-refractivity contribution in [3.63, 3.8) is 0 Å². The summed E-state index contributed by atoms with van der Waals surface area (Å²) in [6.07, 6.45) is 8.86. The first-order valence-corrected chi connectivity index (χ1v) is 12.6. The van der Waals surface area contributed by atoms with Crippen molar-refractivity contribution in [1.29, 1.82) is 0 Å². The van der Waals surface area contributed by atoms with E-state index >= 15 is 0 Å². The number of nitrogens with one attached hydrogen (secondary N) is 2. The molecule has 1 aromatic carbocycles. The van der Waals surface area contributed by atoms with Crippen LogP contribution in [0.1, 0.15) is 54.6 Å². The maximum absolute atomic E-state index is 13.5. The molecule has 0 fully saturated rings. The minimum absolute atomic E-state index is 0.0415. The highest BCUT2D eigenvalue weighted by atomic mass is 19.1. The van der Waals surface area contributed by atoms with Crippen LogP contribution in [-0.4, -0.2) is 50.3 Å². The van der Waals surface area contributed by atoms with E-state index in [0.717, 1.165) is 27.6 Å². The minimum atomic E-state index is -0.862. The molecule has 0 saturated carbocycles. The van der Waals surface area contributed by atoms with Crippen molar-refractivity contribution in [2.45, 2.75) is 58.2 Å². The Morgan fingerprint density at radius 1 is 1.24 bits per heavy atom. The molecule has 2 aromatic heterocycles. The molecular weight excluding hydrogens is 489 g/mol. The van der Waals surface area contributed by atoms with Crippen LogP contribution in [0.3, 0.4) is 0 Å². The van der Waals surface area contributed by atoms with Gasteiger partial charge in [-0.25, -0.2) is 0 Å². The number of amides is 2. The number of aromatic nitrogens is 3. The van der Waals surface area contributed by atoms with E-state index in [0.29, 0.717) is 31.4 Å². The van der Waals surface area contributed by atoms with Crippen LogP contribution in [0, 0.1) is 12.9 Å². The Kier molecular flexibility index (Phi) is 8.09. The largest absolute Gasteiger partial charge is 0.481 e. The summed E-state index contributed by atoms with van der Waals surface area (Å²) in [6, 6.07) is 5.82. The van der Waals surface area contributed by atoms with Gasteiger partial charge in [0.1, 0.15) is 6.04 Å². The van der Waals surface area contributed by atoms with Crippen LogP contribution in [0.4, 0.5) is 4.39 Å². The number of carbonyl (C=O) groups excluding carboxylic acids is 2. The molecular formula is C28H32FN5O4. The third-order valence-corrected chi connectivity index (χ3v) is 6.91. The molecule has 3 N–H and O–H groups in total. The van der Waals surface area contributed by atoms with Crippen molar-refractivity contribution < 1.29 is 23.9 Å². The first kappa shape index (κ1) is 26.8. The number of rotatable bonds is 10. The molecule has 9 nitrogen and oxygen atoms in total. The topological polar surface area (TPSA) is 118 Å². The first-order valence-electron chi connectivity index (χ1n) is 12.6. The smallest absolute Gasteiger partial charge is 0.303 e. The molecule has 2 heterocycles. The van der Waals surface area contributed by atoms with Gasteiger partial charge in [-0.3, -0.25) is 19.1 Å². The van der Waals surface area contributed by atoms with Gasteiger partial charge in [0.25, 0.3) is 5.91 Å². The summed E-state index contributed by atoms with van der Waals surface area (Å²) < 4.78 is 16.7. The van der Waals surface area contributed by atoms with Gasteiger partial charge >= 0.3 is 5.97 Å². The summed E-state index contributed by atoms with van der Waals surface area (Å²) in [5, 5.41) is 19.6. The number of nitrogens with zero attached hydrogens (tertiary/aromatic N) is 3. The van der Waals surface area contributed by atoms with Gasteiger partial charge < -0.3 is 20.3 Å². The number of hydrogen-bond donors (Lipinski definition) is 3. The molecule has 2 amide bonds. The van der Waals surface area contributed by atoms with E-state index in [1.54, 1.807) is 32.3 Å². The first-order chi connectivity index (χ1) is 18.2. The molecule has 3 aromatic rings. The van der Waals surface area contributed by atoms with Crippen LogP contribution >= 0.6 is 0 Å². The predicted molar refractivity (Wildman–Crippen MR) is 141 cm³/mol. The Balaban J connectivity index is 1.55. The number of carboxylic acids is 1. The van der Waals surface area contributed by atoms with Crippen molar-refractivity contribution in [3.8, 4) is 0 Å². The van der Waals surface area contributed by atoms with E-state index in [9.17, 15) is 18.8 Å². The number of allylic oxidation sites excluding steroid dienone is 2. The minimum Gasteiger partial charge on any atom is -0.481 e. The number of carbonyl (C=O) groups is 3. The van der Waals surface area contributed by atoms with Gasteiger partial charge in [0.2, 0.25) is 11.9 Å². The maximum atomic E-state index is 13.5. The number of aryl methyl sites for hydroxylation is 1. The molecule has 38 heavy (non-hydrogen) atoms. The monoisotopic (exact) mass is 521 g/mol. The number of fused-ring (bicyclic) bond motifs is 1. The molecule has 0 saturated heterocycles. The lowest BCUT2D eigenvalue weighted by molar-refractivity contribution is -0.137. The molecule has 0 radical (unpaired) electrons. The molecule has 10 heteroatoms. The number of aliphatic carboxylic acids is 1. The Morgan fingerprint density at radius 2 is 2.03 bits per heavy atom. The average Bonchev–Trinajstić information content (AvgIpc) is 3.45. The molecule has 1 aliphatic carbocycles. The van der Waals surface area contributed by atoms with Crippen LogP contribution in [-0.2, 0) is 16.1 Å². The normalized spacial score (nSPS) is 16.1. The highest BCUT2D eigenvalue weighted by Gasteiger charge is 2.26. The van der Waals surface area contributed by atoms with Crippen molar-refractivity contribution in [2.24, 2.45) is 0 Å². The number of carboxylic acid groups (broad SMARTS) is 1. The fourth-order valence-corrected chi connectivity index (χ4v) is 4.85. The third kappa shape index (κ3) is 6.01.